The Balaban J connectivity index is 1.83. The number of methoxy groups -OCH3 is 1. The smallest absolute Gasteiger partial charge is 0.244 e. The number of ether oxygens (including phenoxy) is 3. The van der Waals surface area contributed by atoms with Gasteiger partial charge in [0.05, 0.1) is 19.8 Å². The highest BCUT2D eigenvalue weighted by atomic mass is 16.5. The van der Waals surface area contributed by atoms with E-state index >= 15 is 0 Å². The van der Waals surface area contributed by atoms with Crippen molar-refractivity contribution in [3.63, 3.8) is 0 Å². The lowest BCUT2D eigenvalue weighted by Crippen LogP contribution is -2.48. The third-order valence-corrected chi connectivity index (χ3v) is 4.32. The van der Waals surface area contributed by atoms with Crippen LogP contribution in [0.2, 0.25) is 0 Å². The maximum absolute atomic E-state index is 12.1. The summed E-state index contributed by atoms with van der Waals surface area (Å²) in [6, 6.07) is 5.52. The second kappa shape index (κ2) is 11.5. The summed E-state index contributed by atoms with van der Waals surface area (Å²) >= 11 is 0. The van der Waals surface area contributed by atoms with Crippen molar-refractivity contribution in [1.82, 2.24) is 10.2 Å². The summed E-state index contributed by atoms with van der Waals surface area (Å²) in [5.74, 6) is 1.74. The molecule has 1 N–H and O–H groups in total. The predicted octanol–water partition coefficient (Wildman–Crippen LogP) is 2.75. The zero-order valence-corrected chi connectivity index (χ0v) is 17.1. The van der Waals surface area contributed by atoms with Crippen LogP contribution in [-0.2, 0) is 9.53 Å². The van der Waals surface area contributed by atoms with Crippen LogP contribution >= 0.6 is 0 Å². The third-order valence-electron chi connectivity index (χ3n) is 4.32. The number of carbonyl (C=O) groups is 1. The van der Waals surface area contributed by atoms with Gasteiger partial charge in [-0.3, -0.25) is 9.69 Å². The molecule has 0 aromatic heterocycles. The molecule has 0 aliphatic carbocycles. The van der Waals surface area contributed by atoms with Gasteiger partial charge in [-0.15, -0.1) is 0 Å². The molecule has 0 bridgehead atoms. The average Bonchev–Trinajstić information content (AvgIpc) is 2.69. The Bertz CT molecular complexity index is 673. The first-order chi connectivity index (χ1) is 13.5. The minimum Gasteiger partial charge on any atom is -0.493 e. The van der Waals surface area contributed by atoms with Gasteiger partial charge in [-0.05, 0) is 29.7 Å². The van der Waals surface area contributed by atoms with Crippen LogP contribution in [0.3, 0.4) is 0 Å². The van der Waals surface area contributed by atoms with Gasteiger partial charge >= 0.3 is 0 Å². The van der Waals surface area contributed by atoms with E-state index in [0.29, 0.717) is 37.2 Å². The second-order valence-corrected chi connectivity index (χ2v) is 7.23. The summed E-state index contributed by atoms with van der Waals surface area (Å²) in [5.41, 5.74) is 0.856. The first-order valence-corrected chi connectivity index (χ1v) is 9.73. The molecule has 1 aliphatic rings. The fraction of sp³-hybridized carbons (Fsp3) is 0.500. The summed E-state index contributed by atoms with van der Waals surface area (Å²) in [6.07, 6.45) is 4.98. The zero-order valence-electron chi connectivity index (χ0n) is 17.1. The number of nitrogens with one attached hydrogen (secondary N) is 1. The zero-order chi connectivity index (χ0) is 20.4. The molecule has 1 amide bonds. The van der Waals surface area contributed by atoms with E-state index in [-0.39, 0.29) is 12.0 Å². The molecule has 6 heteroatoms. The van der Waals surface area contributed by atoms with Gasteiger partial charge in [-0.2, -0.15) is 0 Å². The van der Waals surface area contributed by atoms with Crippen LogP contribution in [0.1, 0.15) is 19.4 Å². The van der Waals surface area contributed by atoms with Crippen molar-refractivity contribution >= 4 is 12.0 Å². The van der Waals surface area contributed by atoms with Crippen molar-refractivity contribution < 1.29 is 19.0 Å². The minimum atomic E-state index is -0.143. The Kier molecular flexibility index (Phi) is 9.04. The lowest BCUT2D eigenvalue weighted by Gasteiger charge is -2.33. The maximum atomic E-state index is 12.1. The molecule has 1 aromatic carbocycles. The Hall–Kier alpha value is -2.31. The number of carbonyl (C=O) groups excluding carboxylic acids is 1. The second-order valence-electron chi connectivity index (χ2n) is 7.23. The number of amides is 1. The molecular formula is C22H32N2O4. The van der Waals surface area contributed by atoms with Crippen LogP contribution in [0, 0.1) is 5.92 Å². The highest BCUT2D eigenvalue weighted by molar-refractivity contribution is 5.91. The standard InChI is InChI=1S/C22H32N2O4/c1-5-11-28-20-8-6-18(13-21(20)26-4)7-9-22(25)23-14-19-16-24(10-12-27-19)15-17(2)3/h5-9,13,17,19H,1,10-12,14-16H2,2-4H3,(H,23,25)/b9-7+. The van der Waals surface area contributed by atoms with Crippen LogP contribution in [0.4, 0.5) is 0 Å². The van der Waals surface area contributed by atoms with E-state index in [9.17, 15) is 4.79 Å². The van der Waals surface area contributed by atoms with Crippen LogP contribution in [0.5, 0.6) is 11.5 Å². The van der Waals surface area contributed by atoms with Crippen molar-refractivity contribution in [1.29, 1.82) is 0 Å². The number of benzene rings is 1. The number of hydrogen-bond donors (Lipinski definition) is 1. The molecule has 1 fully saturated rings. The fourth-order valence-electron chi connectivity index (χ4n) is 3.09. The molecule has 1 aromatic rings. The van der Waals surface area contributed by atoms with E-state index in [1.807, 2.05) is 18.2 Å². The fourth-order valence-corrected chi connectivity index (χ4v) is 3.09. The number of hydrogen-bond acceptors (Lipinski definition) is 5. The normalized spacial score (nSPS) is 17.6. The van der Waals surface area contributed by atoms with Crippen LogP contribution in [0.15, 0.2) is 36.9 Å². The van der Waals surface area contributed by atoms with E-state index in [4.69, 9.17) is 14.2 Å². The Morgan fingerprint density at radius 3 is 2.96 bits per heavy atom. The molecule has 0 spiro atoms. The van der Waals surface area contributed by atoms with Gasteiger partial charge in [-0.1, -0.05) is 32.6 Å². The Morgan fingerprint density at radius 2 is 2.25 bits per heavy atom. The molecular weight excluding hydrogens is 356 g/mol. The molecule has 2 rings (SSSR count). The largest absolute Gasteiger partial charge is 0.493 e. The van der Waals surface area contributed by atoms with Gasteiger partial charge in [0.1, 0.15) is 6.61 Å². The molecule has 1 saturated heterocycles. The van der Waals surface area contributed by atoms with Gasteiger partial charge < -0.3 is 19.5 Å². The molecule has 6 nitrogen and oxygen atoms in total. The molecule has 0 radical (unpaired) electrons. The SMILES string of the molecule is C=CCOc1ccc(/C=C/C(=O)NCC2CN(CC(C)C)CCO2)cc1OC. The predicted molar refractivity (Wildman–Crippen MR) is 112 cm³/mol. The number of morpholine rings is 1. The number of nitrogens with zero attached hydrogens (tertiary/aromatic N) is 1. The lowest BCUT2D eigenvalue weighted by molar-refractivity contribution is -0.117. The van der Waals surface area contributed by atoms with Gasteiger partial charge in [0.2, 0.25) is 5.91 Å². The van der Waals surface area contributed by atoms with Crippen molar-refractivity contribution in [3.8, 4) is 11.5 Å². The Labute approximate surface area is 168 Å². The lowest BCUT2D eigenvalue weighted by atomic mass is 10.1. The van der Waals surface area contributed by atoms with E-state index in [0.717, 1.165) is 25.2 Å². The molecule has 1 heterocycles. The van der Waals surface area contributed by atoms with Gasteiger partial charge in [-0.25, -0.2) is 0 Å². The monoisotopic (exact) mass is 388 g/mol. The van der Waals surface area contributed by atoms with Crippen molar-refractivity contribution in [3.05, 3.63) is 42.5 Å². The van der Waals surface area contributed by atoms with E-state index in [1.54, 1.807) is 19.3 Å². The average molecular weight is 389 g/mol. The van der Waals surface area contributed by atoms with Crippen LogP contribution in [0.25, 0.3) is 6.08 Å². The highest BCUT2D eigenvalue weighted by Crippen LogP contribution is 2.28. The topological polar surface area (TPSA) is 60.0 Å². The summed E-state index contributed by atoms with van der Waals surface area (Å²) < 4.78 is 16.6. The Morgan fingerprint density at radius 1 is 1.43 bits per heavy atom. The van der Waals surface area contributed by atoms with Gasteiger partial charge in [0.25, 0.3) is 0 Å². The van der Waals surface area contributed by atoms with Crippen molar-refractivity contribution in [2.75, 3.05) is 46.5 Å². The summed E-state index contributed by atoms with van der Waals surface area (Å²) in [7, 11) is 1.59. The summed E-state index contributed by atoms with van der Waals surface area (Å²) in [5, 5.41) is 2.92. The van der Waals surface area contributed by atoms with Crippen LogP contribution in [-0.4, -0.2) is 63.4 Å². The highest BCUT2D eigenvalue weighted by Gasteiger charge is 2.21. The van der Waals surface area contributed by atoms with Gasteiger partial charge in [0, 0.05) is 32.3 Å². The molecule has 1 unspecified atom stereocenters. The quantitative estimate of drug-likeness (QED) is 0.493. The maximum Gasteiger partial charge on any atom is 0.244 e. The molecule has 28 heavy (non-hydrogen) atoms. The first kappa shape index (κ1) is 22.0. The van der Waals surface area contributed by atoms with Crippen LogP contribution < -0.4 is 14.8 Å². The van der Waals surface area contributed by atoms with E-state index in [2.05, 4.69) is 30.6 Å². The van der Waals surface area contributed by atoms with Gasteiger partial charge in [0.15, 0.2) is 11.5 Å². The minimum absolute atomic E-state index is 0.0336. The molecule has 1 atom stereocenters. The third kappa shape index (κ3) is 7.37. The molecule has 0 saturated carbocycles. The van der Waals surface area contributed by atoms with E-state index in [1.165, 1.54) is 6.08 Å². The molecule has 154 valence electrons. The summed E-state index contributed by atoms with van der Waals surface area (Å²) in [4.78, 5) is 14.5. The molecule has 1 aliphatic heterocycles. The van der Waals surface area contributed by atoms with Crippen molar-refractivity contribution in [2.24, 2.45) is 5.92 Å². The summed E-state index contributed by atoms with van der Waals surface area (Å²) in [6.45, 7) is 12.6. The number of rotatable bonds is 10. The first-order valence-electron chi connectivity index (χ1n) is 9.73. The van der Waals surface area contributed by atoms with Crippen molar-refractivity contribution in [2.45, 2.75) is 20.0 Å². The van der Waals surface area contributed by atoms with E-state index < -0.39 is 0 Å².